The first-order valence-corrected chi connectivity index (χ1v) is 8.39. The van der Waals surface area contributed by atoms with E-state index in [0.717, 1.165) is 11.8 Å². The summed E-state index contributed by atoms with van der Waals surface area (Å²) < 4.78 is 58.6. The number of nitrogens with one attached hydrogen (secondary N) is 1. The number of Topliss-reactive ketones (excluding diaryl/α,β-unsaturated/α-hetero) is 1. The van der Waals surface area contributed by atoms with Crippen LogP contribution >= 0.6 is 0 Å². The third kappa shape index (κ3) is 4.97. The largest absolute Gasteiger partial charge is 0.462 e. The van der Waals surface area contributed by atoms with E-state index in [1.165, 1.54) is 6.92 Å². The van der Waals surface area contributed by atoms with Crippen molar-refractivity contribution in [2.75, 3.05) is 13.2 Å². The average molecular weight is 395 g/mol. The molecule has 0 spiro atoms. The molecule has 0 unspecified atom stereocenters. The monoisotopic (exact) mass is 395 g/mol. The Morgan fingerprint density at radius 3 is 2.36 bits per heavy atom. The van der Waals surface area contributed by atoms with Gasteiger partial charge in [0, 0.05) is 12.7 Å². The number of rotatable bonds is 8. The lowest BCUT2D eigenvalue weighted by Gasteiger charge is -2.09. The molecule has 2 rings (SSSR count). The van der Waals surface area contributed by atoms with Crippen LogP contribution in [0.1, 0.15) is 22.8 Å². The topological polar surface area (TPSA) is 55.4 Å². The number of ether oxygens (including phenoxy) is 1. The molecule has 28 heavy (non-hydrogen) atoms. The van der Waals surface area contributed by atoms with Crippen molar-refractivity contribution in [2.24, 2.45) is 0 Å². The molecule has 148 valence electrons. The molecule has 0 atom stereocenters. The van der Waals surface area contributed by atoms with Crippen LogP contribution in [0.25, 0.3) is 0 Å². The molecule has 8 heteroatoms. The van der Waals surface area contributed by atoms with E-state index in [0.29, 0.717) is 13.0 Å². The van der Waals surface area contributed by atoms with Gasteiger partial charge in [-0.05, 0) is 25.0 Å². The summed E-state index contributed by atoms with van der Waals surface area (Å²) in [5.41, 5.74) is -0.791. The van der Waals surface area contributed by atoms with Crippen molar-refractivity contribution in [3.8, 4) is 0 Å². The van der Waals surface area contributed by atoms with Crippen molar-refractivity contribution in [1.29, 1.82) is 0 Å². The van der Waals surface area contributed by atoms with E-state index in [9.17, 15) is 27.2 Å². The third-order valence-corrected chi connectivity index (χ3v) is 3.73. The summed E-state index contributed by atoms with van der Waals surface area (Å²) in [7, 11) is 0. The predicted octanol–water partition coefficient (Wildman–Crippen LogP) is 3.71. The molecule has 0 heterocycles. The van der Waals surface area contributed by atoms with Gasteiger partial charge in [-0.25, -0.2) is 22.4 Å². The highest BCUT2D eigenvalue weighted by atomic mass is 19.2. The first-order chi connectivity index (χ1) is 13.4. The van der Waals surface area contributed by atoms with E-state index in [2.05, 4.69) is 5.32 Å². The van der Waals surface area contributed by atoms with Crippen LogP contribution in [-0.2, 0) is 16.0 Å². The molecular weight excluding hydrogens is 378 g/mol. The first-order valence-electron chi connectivity index (χ1n) is 8.39. The molecule has 0 aromatic heterocycles. The fraction of sp³-hybridized carbons (Fsp3) is 0.200. The van der Waals surface area contributed by atoms with E-state index in [-0.39, 0.29) is 12.7 Å². The molecule has 0 aliphatic rings. The minimum absolute atomic E-state index is 0.0813. The van der Waals surface area contributed by atoms with E-state index < -0.39 is 46.2 Å². The molecule has 0 aliphatic carbocycles. The standard InChI is InChI=1S/C20H17F4NO3/c1-2-28-20(27)14(11-25-9-8-12-6-4-3-5-7-12)19(26)13-10-15(21)17(23)18(24)16(13)22/h3-7,10-11,25H,2,8-9H2,1H3. The second-order valence-electron chi connectivity index (χ2n) is 5.65. The molecule has 2 aromatic carbocycles. The van der Waals surface area contributed by atoms with Crippen molar-refractivity contribution in [2.45, 2.75) is 13.3 Å². The molecule has 0 amide bonds. The fourth-order valence-corrected chi connectivity index (χ4v) is 2.34. The molecule has 1 N–H and O–H groups in total. The molecule has 0 saturated carbocycles. The van der Waals surface area contributed by atoms with Gasteiger partial charge in [-0.15, -0.1) is 0 Å². The van der Waals surface area contributed by atoms with Gasteiger partial charge < -0.3 is 10.1 Å². The molecule has 0 bridgehead atoms. The van der Waals surface area contributed by atoms with Crippen molar-refractivity contribution in [1.82, 2.24) is 5.32 Å². The van der Waals surface area contributed by atoms with Crippen LogP contribution < -0.4 is 5.32 Å². The quantitative estimate of drug-likeness (QED) is 0.0852. The number of hydrogen-bond acceptors (Lipinski definition) is 4. The van der Waals surface area contributed by atoms with Gasteiger partial charge in [-0.2, -0.15) is 0 Å². The van der Waals surface area contributed by atoms with Gasteiger partial charge in [0.15, 0.2) is 23.3 Å². The lowest BCUT2D eigenvalue weighted by molar-refractivity contribution is -0.138. The number of carbonyl (C=O) groups excluding carboxylic acids is 2. The van der Waals surface area contributed by atoms with E-state index in [1.54, 1.807) is 0 Å². The Kier molecular flexibility index (Phi) is 7.31. The summed E-state index contributed by atoms with van der Waals surface area (Å²) in [5.74, 6) is -10.3. The maximum atomic E-state index is 13.9. The van der Waals surface area contributed by atoms with Crippen molar-refractivity contribution >= 4 is 11.8 Å². The number of ketones is 1. The van der Waals surface area contributed by atoms with Crippen LogP contribution in [0, 0.1) is 23.3 Å². The fourth-order valence-electron chi connectivity index (χ4n) is 2.34. The average Bonchev–Trinajstić information content (AvgIpc) is 2.69. The van der Waals surface area contributed by atoms with Crippen molar-refractivity contribution in [3.05, 3.63) is 82.6 Å². The molecule has 0 radical (unpaired) electrons. The smallest absolute Gasteiger partial charge is 0.343 e. The predicted molar refractivity (Wildman–Crippen MR) is 93.5 cm³/mol. The highest BCUT2D eigenvalue weighted by molar-refractivity contribution is 6.24. The first kappa shape index (κ1) is 21.1. The molecular formula is C20H17F4NO3. The zero-order chi connectivity index (χ0) is 20.7. The van der Waals surface area contributed by atoms with Gasteiger partial charge in [0.25, 0.3) is 0 Å². The summed E-state index contributed by atoms with van der Waals surface area (Å²) >= 11 is 0. The van der Waals surface area contributed by atoms with Crippen LogP contribution in [0.4, 0.5) is 17.6 Å². The van der Waals surface area contributed by atoms with E-state index >= 15 is 0 Å². The number of halogens is 4. The Bertz CT molecular complexity index is 898. The third-order valence-electron chi connectivity index (χ3n) is 3.73. The normalized spacial score (nSPS) is 11.2. The minimum atomic E-state index is -2.14. The summed E-state index contributed by atoms with van der Waals surface area (Å²) in [6.07, 6.45) is 1.54. The number of esters is 1. The highest BCUT2D eigenvalue weighted by Crippen LogP contribution is 2.21. The van der Waals surface area contributed by atoms with E-state index in [1.807, 2.05) is 30.3 Å². The van der Waals surface area contributed by atoms with Crippen LogP contribution in [0.5, 0.6) is 0 Å². The summed E-state index contributed by atoms with van der Waals surface area (Å²) in [4.78, 5) is 24.5. The van der Waals surface area contributed by atoms with Crippen LogP contribution in [0.3, 0.4) is 0 Å². The maximum Gasteiger partial charge on any atom is 0.343 e. The Balaban J connectivity index is 2.25. The van der Waals surface area contributed by atoms with Gasteiger partial charge >= 0.3 is 5.97 Å². The second kappa shape index (κ2) is 9.68. The van der Waals surface area contributed by atoms with Gasteiger partial charge in [-0.3, -0.25) is 4.79 Å². The molecule has 0 aliphatic heterocycles. The van der Waals surface area contributed by atoms with Gasteiger partial charge in [-0.1, -0.05) is 30.3 Å². The van der Waals surface area contributed by atoms with Gasteiger partial charge in [0.2, 0.25) is 5.78 Å². The SMILES string of the molecule is CCOC(=O)C(=CNCCc1ccccc1)C(=O)c1cc(F)c(F)c(F)c1F. The number of hydrogen-bond donors (Lipinski definition) is 1. The van der Waals surface area contributed by atoms with Gasteiger partial charge in [0.05, 0.1) is 12.2 Å². The highest BCUT2D eigenvalue weighted by Gasteiger charge is 2.28. The van der Waals surface area contributed by atoms with Crippen LogP contribution in [-0.4, -0.2) is 24.9 Å². The van der Waals surface area contributed by atoms with E-state index in [4.69, 9.17) is 4.74 Å². The van der Waals surface area contributed by atoms with Crippen LogP contribution in [0.2, 0.25) is 0 Å². The molecule has 0 fully saturated rings. The second-order valence-corrected chi connectivity index (χ2v) is 5.65. The molecule has 2 aromatic rings. The lowest BCUT2D eigenvalue weighted by Crippen LogP contribution is -2.22. The minimum Gasteiger partial charge on any atom is -0.462 e. The number of carbonyl (C=O) groups is 2. The summed E-state index contributed by atoms with van der Waals surface area (Å²) in [6, 6.07) is 9.50. The zero-order valence-electron chi connectivity index (χ0n) is 14.9. The van der Waals surface area contributed by atoms with Crippen molar-refractivity contribution < 1.29 is 31.9 Å². The van der Waals surface area contributed by atoms with Gasteiger partial charge in [0.1, 0.15) is 5.57 Å². The Hall–Kier alpha value is -3.16. The Labute approximate surface area is 158 Å². The van der Waals surface area contributed by atoms with Crippen molar-refractivity contribution in [3.63, 3.8) is 0 Å². The maximum absolute atomic E-state index is 13.9. The molecule has 4 nitrogen and oxygen atoms in total. The Morgan fingerprint density at radius 2 is 1.71 bits per heavy atom. The molecule has 0 saturated heterocycles. The Morgan fingerprint density at radius 1 is 1.04 bits per heavy atom. The number of benzene rings is 2. The zero-order valence-corrected chi connectivity index (χ0v) is 14.9. The summed E-state index contributed by atoms with van der Waals surface area (Å²) in [6.45, 7) is 1.72. The summed E-state index contributed by atoms with van der Waals surface area (Å²) in [5, 5.41) is 2.72. The van der Waals surface area contributed by atoms with Crippen LogP contribution in [0.15, 0.2) is 48.2 Å². The lowest BCUT2D eigenvalue weighted by atomic mass is 10.0.